The molecule has 0 fully saturated rings. The van der Waals surface area contributed by atoms with Gasteiger partial charge in [0, 0.05) is 6.20 Å². The molecule has 2 heterocycles. The minimum atomic E-state index is 0.910. The van der Waals surface area contributed by atoms with Gasteiger partial charge in [-0.15, -0.1) is 0 Å². The number of aromatic nitrogens is 2. The molecule has 0 unspecified atom stereocenters. The van der Waals surface area contributed by atoms with Gasteiger partial charge in [-0.05, 0) is 30.7 Å². The van der Waals surface area contributed by atoms with Crippen molar-refractivity contribution >= 4 is 11.0 Å². The van der Waals surface area contributed by atoms with Gasteiger partial charge in [-0.1, -0.05) is 0 Å². The molecule has 2 aromatic heterocycles. The molecule has 2 heteroatoms. The fourth-order valence-corrected chi connectivity index (χ4v) is 1.01. The lowest BCUT2D eigenvalue weighted by molar-refractivity contribution is 1.28. The maximum Gasteiger partial charge on any atom is 0.0897 e. The molecule has 1 radical (unpaired) electrons. The summed E-state index contributed by atoms with van der Waals surface area (Å²) in [6.07, 6.45) is 4.61. The Morgan fingerprint density at radius 3 is 3.18 bits per heavy atom. The molecule has 0 aliphatic heterocycles. The van der Waals surface area contributed by atoms with Gasteiger partial charge in [0.05, 0.1) is 17.2 Å². The van der Waals surface area contributed by atoms with Crippen LogP contribution in [0.5, 0.6) is 0 Å². The zero-order valence-corrected chi connectivity index (χ0v) is 6.20. The predicted molar refractivity (Wildman–Crippen MR) is 43.1 cm³/mol. The number of pyridine rings is 2. The van der Waals surface area contributed by atoms with E-state index in [9.17, 15) is 0 Å². The Morgan fingerprint density at radius 2 is 2.27 bits per heavy atom. The molecule has 0 N–H and O–H groups in total. The van der Waals surface area contributed by atoms with Crippen LogP contribution in [0.2, 0.25) is 0 Å². The highest BCUT2D eigenvalue weighted by Crippen LogP contribution is 2.07. The summed E-state index contributed by atoms with van der Waals surface area (Å²) in [6.45, 7) is 2.00. The van der Waals surface area contributed by atoms with E-state index >= 15 is 0 Å². The average molecular weight is 143 g/mol. The molecule has 0 atom stereocenters. The summed E-state index contributed by atoms with van der Waals surface area (Å²) in [5.41, 5.74) is 2.96. The van der Waals surface area contributed by atoms with Gasteiger partial charge in [-0.25, -0.2) is 4.98 Å². The number of nitrogens with zero attached hydrogens (tertiary/aromatic N) is 2. The molecule has 2 aromatic rings. The minimum absolute atomic E-state index is 0.910. The Bertz CT molecular complexity index is 382. The summed E-state index contributed by atoms with van der Waals surface area (Å²) in [5, 5.41) is 0. The monoisotopic (exact) mass is 143 g/mol. The number of hydrogen-bond donors (Lipinski definition) is 0. The highest BCUT2D eigenvalue weighted by atomic mass is 14.7. The van der Waals surface area contributed by atoms with Gasteiger partial charge >= 0.3 is 0 Å². The summed E-state index contributed by atoms with van der Waals surface area (Å²) in [6, 6.07) is 5.67. The first-order chi connectivity index (χ1) is 5.36. The van der Waals surface area contributed by atoms with Crippen LogP contribution in [0.25, 0.3) is 11.0 Å². The zero-order valence-electron chi connectivity index (χ0n) is 6.20. The van der Waals surface area contributed by atoms with Crippen molar-refractivity contribution in [2.75, 3.05) is 0 Å². The molecule has 53 valence electrons. The molecule has 0 aliphatic rings. The smallest absolute Gasteiger partial charge is 0.0897 e. The summed E-state index contributed by atoms with van der Waals surface area (Å²) >= 11 is 0. The molecule has 0 spiro atoms. The zero-order chi connectivity index (χ0) is 7.68. The highest BCUT2D eigenvalue weighted by molar-refractivity contribution is 5.73. The van der Waals surface area contributed by atoms with E-state index in [-0.39, 0.29) is 0 Å². The van der Waals surface area contributed by atoms with Crippen LogP contribution in [0, 0.1) is 13.1 Å². The number of aryl methyl sites for hydroxylation is 1. The SMILES string of the molecule is Cc1cnc2cc[c]nc2c1. The quantitative estimate of drug-likeness (QED) is 0.561. The third kappa shape index (κ3) is 1.07. The van der Waals surface area contributed by atoms with Crippen molar-refractivity contribution in [2.24, 2.45) is 0 Å². The van der Waals surface area contributed by atoms with Gasteiger partial charge in [0.1, 0.15) is 0 Å². The largest absolute Gasteiger partial charge is 0.254 e. The maximum absolute atomic E-state index is 4.20. The molecular weight excluding hydrogens is 136 g/mol. The van der Waals surface area contributed by atoms with E-state index in [1.54, 1.807) is 6.07 Å². The van der Waals surface area contributed by atoms with Crippen molar-refractivity contribution in [1.29, 1.82) is 0 Å². The normalized spacial score (nSPS) is 10.3. The Kier molecular flexibility index (Phi) is 1.32. The molecule has 11 heavy (non-hydrogen) atoms. The van der Waals surface area contributed by atoms with Crippen molar-refractivity contribution in [3.8, 4) is 0 Å². The van der Waals surface area contributed by atoms with Crippen molar-refractivity contribution in [3.05, 3.63) is 36.2 Å². The van der Waals surface area contributed by atoms with E-state index in [1.807, 2.05) is 25.3 Å². The number of rotatable bonds is 0. The van der Waals surface area contributed by atoms with E-state index in [4.69, 9.17) is 0 Å². The highest BCUT2D eigenvalue weighted by Gasteiger charge is 1.92. The minimum Gasteiger partial charge on any atom is -0.254 e. The molecule has 0 saturated carbocycles. The molecular formula is C9H7N2. The fraction of sp³-hybridized carbons (Fsp3) is 0.111. The van der Waals surface area contributed by atoms with E-state index < -0.39 is 0 Å². The van der Waals surface area contributed by atoms with Crippen LogP contribution in [0.4, 0.5) is 0 Å². The second-order valence-electron chi connectivity index (χ2n) is 2.49. The number of hydrogen-bond acceptors (Lipinski definition) is 2. The van der Waals surface area contributed by atoms with Crippen LogP contribution in [-0.4, -0.2) is 9.97 Å². The second-order valence-corrected chi connectivity index (χ2v) is 2.49. The molecule has 0 amide bonds. The summed E-state index contributed by atoms with van der Waals surface area (Å²) in [4.78, 5) is 8.25. The Hall–Kier alpha value is -1.44. The van der Waals surface area contributed by atoms with Crippen LogP contribution in [0.15, 0.2) is 24.4 Å². The Labute approximate surface area is 64.9 Å². The van der Waals surface area contributed by atoms with Gasteiger partial charge in [0.2, 0.25) is 0 Å². The van der Waals surface area contributed by atoms with Crippen molar-refractivity contribution in [2.45, 2.75) is 6.92 Å². The lowest BCUT2D eigenvalue weighted by atomic mass is 10.2. The molecule has 0 bridgehead atoms. The standard InChI is InChI=1S/C9H7N2/c1-7-5-9-8(11-6-7)3-2-4-10-9/h2-3,5-6H,1H3. The predicted octanol–water partition coefficient (Wildman–Crippen LogP) is 1.74. The molecule has 0 aliphatic carbocycles. The lowest BCUT2D eigenvalue weighted by Crippen LogP contribution is -1.82. The van der Waals surface area contributed by atoms with E-state index in [0.29, 0.717) is 0 Å². The topological polar surface area (TPSA) is 25.8 Å². The number of fused-ring (bicyclic) bond motifs is 1. The van der Waals surface area contributed by atoms with Crippen molar-refractivity contribution in [3.63, 3.8) is 0 Å². The van der Waals surface area contributed by atoms with Gasteiger partial charge in [-0.2, -0.15) is 0 Å². The van der Waals surface area contributed by atoms with Crippen LogP contribution >= 0.6 is 0 Å². The molecule has 0 aromatic carbocycles. The van der Waals surface area contributed by atoms with E-state index in [0.717, 1.165) is 16.6 Å². The fourth-order valence-electron chi connectivity index (χ4n) is 1.01. The first kappa shape index (κ1) is 6.28. The summed E-state index contributed by atoms with van der Waals surface area (Å²) in [7, 11) is 0. The first-order valence-corrected chi connectivity index (χ1v) is 3.46. The van der Waals surface area contributed by atoms with Crippen LogP contribution in [0.3, 0.4) is 0 Å². The van der Waals surface area contributed by atoms with Gasteiger partial charge < -0.3 is 0 Å². The van der Waals surface area contributed by atoms with Crippen molar-refractivity contribution in [1.82, 2.24) is 9.97 Å². The Morgan fingerprint density at radius 1 is 1.36 bits per heavy atom. The molecule has 2 rings (SSSR count). The van der Waals surface area contributed by atoms with E-state index in [1.165, 1.54) is 0 Å². The van der Waals surface area contributed by atoms with Gasteiger partial charge in [0.15, 0.2) is 0 Å². The summed E-state index contributed by atoms with van der Waals surface area (Å²) < 4.78 is 0. The first-order valence-electron chi connectivity index (χ1n) is 3.46. The summed E-state index contributed by atoms with van der Waals surface area (Å²) in [5.74, 6) is 0. The second kappa shape index (κ2) is 2.31. The van der Waals surface area contributed by atoms with Crippen molar-refractivity contribution < 1.29 is 0 Å². The van der Waals surface area contributed by atoms with Crippen LogP contribution in [0.1, 0.15) is 5.56 Å². The van der Waals surface area contributed by atoms with Gasteiger partial charge in [-0.3, -0.25) is 4.98 Å². The van der Waals surface area contributed by atoms with Crippen LogP contribution < -0.4 is 0 Å². The maximum atomic E-state index is 4.20. The van der Waals surface area contributed by atoms with Gasteiger partial charge in [0.25, 0.3) is 0 Å². The Balaban J connectivity index is 2.83. The van der Waals surface area contributed by atoms with E-state index in [2.05, 4.69) is 16.2 Å². The molecule has 2 nitrogen and oxygen atoms in total. The lowest BCUT2D eigenvalue weighted by Gasteiger charge is -1.94. The molecule has 0 saturated heterocycles. The average Bonchev–Trinajstić information content (AvgIpc) is 2.04. The third-order valence-electron chi connectivity index (χ3n) is 1.53. The third-order valence-corrected chi connectivity index (χ3v) is 1.53. The van der Waals surface area contributed by atoms with Crippen LogP contribution in [-0.2, 0) is 0 Å².